The Hall–Kier alpha value is -1.11. The van der Waals surface area contributed by atoms with E-state index < -0.39 is 0 Å². The van der Waals surface area contributed by atoms with Crippen molar-refractivity contribution >= 4 is 17.7 Å². The molecule has 1 heterocycles. The van der Waals surface area contributed by atoms with Crippen LogP contribution in [0.5, 0.6) is 0 Å². The van der Waals surface area contributed by atoms with Crippen molar-refractivity contribution < 1.29 is 14.3 Å². The van der Waals surface area contributed by atoms with Gasteiger partial charge >= 0.3 is 5.97 Å². The molecule has 1 N–H and O–H groups in total. The van der Waals surface area contributed by atoms with Crippen LogP contribution < -0.4 is 5.32 Å². The lowest BCUT2D eigenvalue weighted by Gasteiger charge is -2.05. The average Bonchev–Trinajstić information content (AvgIpc) is 2.42. The van der Waals surface area contributed by atoms with Gasteiger partial charge in [0.1, 0.15) is 0 Å². The normalized spacial score (nSPS) is 10.3. The number of pyridine rings is 1. The van der Waals surface area contributed by atoms with Gasteiger partial charge in [-0.1, -0.05) is 17.8 Å². The molecule has 0 aromatic carbocycles. The molecule has 0 saturated heterocycles. The maximum absolute atomic E-state index is 11.0. The van der Waals surface area contributed by atoms with Crippen LogP contribution in [0, 0.1) is 0 Å². The van der Waals surface area contributed by atoms with E-state index in [2.05, 4.69) is 15.0 Å². The first-order valence-corrected chi connectivity index (χ1v) is 6.59. The maximum atomic E-state index is 11.0. The molecule has 0 amide bonds. The lowest BCUT2D eigenvalue weighted by molar-refractivity contribution is -0.137. The molecule has 100 valence electrons. The Morgan fingerprint density at radius 2 is 2.28 bits per heavy atom. The molecule has 0 unspecified atom stereocenters. The van der Waals surface area contributed by atoms with Gasteiger partial charge in [0.2, 0.25) is 0 Å². The highest BCUT2D eigenvalue weighted by molar-refractivity contribution is 7.99. The van der Waals surface area contributed by atoms with Crippen LogP contribution in [0.3, 0.4) is 0 Å². The fraction of sp³-hybridized carbons (Fsp3) is 0.500. The molecule has 5 nitrogen and oxygen atoms in total. The summed E-state index contributed by atoms with van der Waals surface area (Å²) in [6, 6.07) is 3.90. The van der Waals surface area contributed by atoms with Crippen molar-refractivity contribution in [2.45, 2.75) is 11.6 Å². The van der Waals surface area contributed by atoms with E-state index in [0.717, 1.165) is 23.7 Å². The van der Waals surface area contributed by atoms with Gasteiger partial charge in [0.05, 0.1) is 24.5 Å². The van der Waals surface area contributed by atoms with Gasteiger partial charge in [-0.2, -0.15) is 0 Å². The van der Waals surface area contributed by atoms with E-state index in [0.29, 0.717) is 6.61 Å². The Labute approximate surface area is 111 Å². The molecule has 1 aromatic rings. The number of carbonyl (C=O) groups excluding carboxylic acids is 1. The third-order valence-electron chi connectivity index (χ3n) is 2.18. The molecule has 0 aliphatic rings. The van der Waals surface area contributed by atoms with Crippen molar-refractivity contribution in [3.8, 4) is 0 Å². The zero-order valence-corrected chi connectivity index (χ0v) is 11.5. The summed E-state index contributed by atoms with van der Waals surface area (Å²) < 4.78 is 9.50. The number of nitrogens with zero attached hydrogens (tertiary/aromatic N) is 1. The van der Waals surface area contributed by atoms with Crippen LogP contribution in [-0.4, -0.2) is 44.1 Å². The average molecular weight is 270 g/mol. The predicted molar refractivity (Wildman–Crippen MR) is 70.6 cm³/mol. The van der Waals surface area contributed by atoms with E-state index in [1.165, 1.54) is 18.9 Å². The molecule has 0 aliphatic heterocycles. The fourth-order valence-corrected chi connectivity index (χ4v) is 1.87. The van der Waals surface area contributed by atoms with Crippen molar-refractivity contribution in [2.75, 3.05) is 33.1 Å². The molecule has 0 atom stereocenters. The summed E-state index contributed by atoms with van der Waals surface area (Å²) in [5, 5.41) is 4.06. The summed E-state index contributed by atoms with van der Waals surface area (Å²) in [6.07, 6.45) is 1.80. The zero-order chi connectivity index (χ0) is 13.2. The third-order valence-corrected chi connectivity index (χ3v) is 3.09. The minimum atomic E-state index is -0.243. The van der Waals surface area contributed by atoms with Crippen LogP contribution >= 0.6 is 11.8 Å². The van der Waals surface area contributed by atoms with Crippen molar-refractivity contribution in [1.82, 2.24) is 10.3 Å². The number of esters is 1. The van der Waals surface area contributed by atoms with Crippen molar-refractivity contribution in [3.05, 3.63) is 23.9 Å². The Bertz CT molecular complexity index is 357. The summed E-state index contributed by atoms with van der Waals surface area (Å²) in [6.45, 7) is 2.27. The van der Waals surface area contributed by atoms with Crippen LogP contribution in [0.2, 0.25) is 0 Å². The van der Waals surface area contributed by atoms with Gasteiger partial charge in [0.25, 0.3) is 0 Å². The fourth-order valence-electron chi connectivity index (χ4n) is 1.20. The lowest BCUT2D eigenvalue weighted by atomic mass is 10.3. The van der Waals surface area contributed by atoms with Gasteiger partial charge in [-0.05, 0) is 11.6 Å². The zero-order valence-electron chi connectivity index (χ0n) is 10.6. The third kappa shape index (κ3) is 6.00. The minimum Gasteiger partial charge on any atom is -0.468 e. The minimum absolute atomic E-state index is 0.243. The van der Waals surface area contributed by atoms with E-state index in [1.54, 1.807) is 13.3 Å². The summed E-state index contributed by atoms with van der Waals surface area (Å²) in [7, 11) is 3.06. The smallest absolute Gasteiger partial charge is 0.316 e. The number of aromatic nitrogens is 1. The molecule has 0 fully saturated rings. The van der Waals surface area contributed by atoms with Gasteiger partial charge in [-0.15, -0.1) is 0 Å². The lowest BCUT2D eigenvalue weighted by Crippen LogP contribution is -2.18. The summed E-state index contributed by atoms with van der Waals surface area (Å²) in [5.74, 6) is 0.0432. The van der Waals surface area contributed by atoms with Crippen LogP contribution in [0.4, 0.5) is 0 Å². The Balaban J connectivity index is 2.31. The number of thioether (sulfide) groups is 1. The topological polar surface area (TPSA) is 60.5 Å². The Kier molecular flexibility index (Phi) is 7.40. The molecular weight excluding hydrogens is 252 g/mol. The summed E-state index contributed by atoms with van der Waals surface area (Å²) in [5.41, 5.74) is 1.11. The SMILES string of the molecule is COCCNCc1ccc(SCC(=O)OC)nc1. The monoisotopic (exact) mass is 270 g/mol. The first-order chi connectivity index (χ1) is 8.76. The first kappa shape index (κ1) is 14.9. The van der Waals surface area contributed by atoms with Gasteiger partial charge in [-0.3, -0.25) is 4.79 Å². The second-order valence-corrected chi connectivity index (χ2v) is 4.53. The van der Waals surface area contributed by atoms with Crippen LogP contribution in [0.25, 0.3) is 0 Å². The van der Waals surface area contributed by atoms with Crippen molar-refractivity contribution in [2.24, 2.45) is 0 Å². The molecule has 0 spiro atoms. The molecule has 0 aliphatic carbocycles. The van der Waals surface area contributed by atoms with Crippen LogP contribution in [-0.2, 0) is 20.8 Å². The number of nitrogens with one attached hydrogen (secondary N) is 1. The van der Waals surface area contributed by atoms with E-state index >= 15 is 0 Å². The van der Waals surface area contributed by atoms with Crippen LogP contribution in [0.15, 0.2) is 23.4 Å². The van der Waals surface area contributed by atoms with Crippen molar-refractivity contribution in [1.29, 1.82) is 0 Å². The number of hydrogen-bond donors (Lipinski definition) is 1. The predicted octanol–water partition coefficient (Wildman–Crippen LogP) is 1.08. The highest BCUT2D eigenvalue weighted by atomic mass is 32.2. The van der Waals surface area contributed by atoms with Crippen molar-refractivity contribution in [3.63, 3.8) is 0 Å². The van der Waals surface area contributed by atoms with Gasteiger partial charge in [0, 0.05) is 26.4 Å². The molecule has 6 heteroatoms. The highest BCUT2D eigenvalue weighted by Gasteiger charge is 2.03. The van der Waals surface area contributed by atoms with E-state index in [-0.39, 0.29) is 11.7 Å². The second kappa shape index (κ2) is 8.91. The number of methoxy groups -OCH3 is 2. The van der Waals surface area contributed by atoms with E-state index in [4.69, 9.17) is 4.74 Å². The van der Waals surface area contributed by atoms with E-state index in [9.17, 15) is 4.79 Å². The standard InChI is InChI=1S/C12H18N2O3S/c1-16-6-5-13-7-10-3-4-11(14-8-10)18-9-12(15)17-2/h3-4,8,13H,5-7,9H2,1-2H3. The van der Waals surface area contributed by atoms with E-state index in [1.807, 2.05) is 12.1 Å². The quantitative estimate of drug-likeness (QED) is 0.433. The van der Waals surface area contributed by atoms with Gasteiger partial charge < -0.3 is 14.8 Å². The number of carbonyl (C=O) groups is 1. The Morgan fingerprint density at radius 3 is 2.89 bits per heavy atom. The number of ether oxygens (including phenoxy) is 2. The molecule has 1 rings (SSSR count). The Morgan fingerprint density at radius 1 is 1.44 bits per heavy atom. The molecule has 0 radical (unpaired) electrons. The molecule has 0 bridgehead atoms. The highest BCUT2D eigenvalue weighted by Crippen LogP contribution is 2.15. The largest absolute Gasteiger partial charge is 0.468 e. The first-order valence-electron chi connectivity index (χ1n) is 5.60. The number of rotatable bonds is 8. The molecule has 18 heavy (non-hydrogen) atoms. The summed E-state index contributed by atoms with van der Waals surface area (Å²) >= 11 is 1.37. The van der Waals surface area contributed by atoms with Gasteiger partial charge in [0.15, 0.2) is 0 Å². The number of hydrogen-bond acceptors (Lipinski definition) is 6. The molecule has 1 aromatic heterocycles. The summed E-state index contributed by atoms with van der Waals surface area (Å²) in [4.78, 5) is 15.2. The second-order valence-electron chi connectivity index (χ2n) is 3.54. The van der Waals surface area contributed by atoms with Crippen LogP contribution in [0.1, 0.15) is 5.56 Å². The maximum Gasteiger partial charge on any atom is 0.316 e. The molecule has 0 saturated carbocycles. The molecular formula is C12H18N2O3S. The van der Waals surface area contributed by atoms with Gasteiger partial charge in [-0.25, -0.2) is 4.98 Å².